The Labute approximate surface area is 113 Å². The number of hydrogen-bond donors (Lipinski definition) is 2. The van der Waals surface area contributed by atoms with Gasteiger partial charge in [-0.3, -0.25) is 0 Å². The monoisotopic (exact) mass is 337 g/mol. The molecule has 0 bridgehead atoms. The molecule has 3 nitrogen and oxygen atoms in total. The molecular weight excluding hydrogens is 331 g/mol. The highest BCUT2D eigenvalue weighted by Crippen LogP contribution is 2.35. The Bertz CT molecular complexity index is 568. The van der Waals surface area contributed by atoms with Crippen molar-refractivity contribution >= 4 is 43.1 Å². The number of aromatic nitrogens is 1. The van der Waals surface area contributed by atoms with Gasteiger partial charge >= 0.3 is 6.18 Å². The molecule has 0 atom stereocenters. The quantitative estimate of drug-likeness (QED) is 0.861. The lowest BCUT2D eigenvalue weighted by Gasteiger charge is -2.10. The number of hydrogen-bond acceptors (Lipinski definition) is 4. The Hall–Kier alpha value is -1.28. The third-order valence-corrected chi connectivity index (χ3v) is 3.49. The Morgan fingerprint density at radius 3 is 2.61 bits per heavy atom. The van der Waals surface area contributed by atoms with E-state index in [1.165, 1.54) is 12.3 Å². The first-order valence-corrected chi connectivity index (χ1v) is 6.32. The minimum atomic E-state index is -4.38. The van der Waals surface area contributed by atoms with Gasteiger partial charge in [0.05, 0.1) is 17.4 Å². The van der Waals surface area contributed by atoms with Gasteiger partial charge < -0.3 is 11.1 Å². The molecule has 0 aliphatic rings. The predicted octanol–water partition coefficient (Wildman–Crippen LogP) is 4.25. The highest BCUT2D eigenvalue weighted by molar-refractivity contribution is 9.10. The van der Waals surface area contributed by atoms with E-state index in [2.05, 4.69) is 26.2 Å². The van der Waals surface area contributed by atoms with E-state index in [1.807, 2.05) is 0 Å². The molecule has 2 rings (SSSR count). The molecule has 0 fully saturated rings. The third kappa shape index (κ3) is 2.94. The van der Waals surface area contributed by atoms with Gasteiger partial charge in [0.15, 0.2) is 5.13 Å². The van der Waals surface area contributed by atoms with Crippen LogP contribution in [0.15, 0.2) is 28.9 Å². The van der Waals surface area contributed by atoms with Gasteiger partial charge in [0.2, 0.25) is 0 Å². The van der Waals surface area contributed by atoms with Crippen molar-refractivity contribution in [2.24, 2.45) is 0 Å². The van der Waals surface area contributed by atoms with Gasteiger partial charge in [0.25, 0.3) is 0 Å². The summed E-state index contributed by atoms with van der Waals surface area (Å²) in [6.07, 6.45) is -2.94. The Morgan fingerprint density at radius 2 is 2.06 bits per heavy atom. The zero-order valence-corrected chi connectivity index (χ0v) is 11.2. The molecule has 18 heavy (non-hydrogen) atoms. The molecule has 0 saturated heterocycles. The second-order valence-electron chi connectivity index (χ2n) is 3.39. The van der Waals surface area contributed by atoms with E-state index in [9.17, 15) is 13.2 Å². The predicted molar refractivity (Wildman–Crippen MR) is 69.0 cm³/mol. The molecule has 0 aliphatic heterocycles. The van der Waals surface area contributed by atoms with Gasteiger partial charge in [-0.1, -0.05) is 11.3 Å². The SMILES string of the molecule is Nc1cnc(Nc2cc(C(F)(F)F)ccc2Br)s1. The molecule has 8 heteroatoms. The molecule has 0 saturated carbocycles. The fourth-order valence-electron chi connectivity index (χ4n) is 1.26. The van der Waals surface area contributed by atoms with Crippen LogP contribution in [-0.4, -0.2) is 4.98 Å². The number of benzene rings is 1. The third-order valence-electron chi connectivity index (χ3n) is 2.06. The van der Waals surface area contributed by atoms with Gasteiger partial charge in [-0.2, -0.15) is 13.2 Å². The summed E-state index contributed by atoms with van der Waals surface area (Å²) in [5, 5.41) is 3.71. The van der Waals surface area contributed by atoms with Crippen molar-refractivity contribution in [3.63, 3.8) is 0 Å². The van der Waals surface area contributed by atoms with Crippen LogP contribution in [0.3, 0.4) is 0 Å². The van der Waals surface area contributed by atoms with Crippen LogP contribution in [0, 0.1) is 0 Å². The van der Waals surface area contributed by atoms with E-state index in [0.29, 0.717) is 20.3 Å². The van der Waals surface area contributed by atoms with Gasteiger partial charge in [0.1, 0.15) is 5.00 Å². The summed E-state index contributed by atoms with van der Waals surface area (Å²) in [6.45, 7) is 0. The number of alkyl halides is 3. The standard InChI is InChI=1S/C10H7BrF3N3S/c11-6-2-1-5(10(12,13)14)3-7(6)17-9-16-4-8(15)18-9/h1-4H,15H2,(H,16,17). The van der Waals surface area contributed by atoms with E-state index < -0.39 is 11.7 Å². The molecule has 0 aliphatic carbocycles. The van der Waals surface area contributed by atoms with E-state index in [-0.39, 0.29) is 0 Å². The largest absolute Gasteiger partial charge is 0.416 e. The lowest BCUT2D eigenvalue weighted by Crippen LogP contribution is -2.05. The molecule has 0 radical (unpaired) electrons. The van der Waals surface area contributed by atoms with Gasteiger partial charge in [-0.25, -0.2) is 4.98 Å². The smallest absolute Gasteiger partial charge is 0.389 e. The number of rotatable bonds is 2. The fourth-order valence-corrected chi connectivity index (χ4v) is 2.20. The van der Waals surface area contributed by atoms with E-state index in [4.69, 9.17) is 5.73 Å². The van der Waals surface area contributed by atoms with Crippen molar-refractivity contribution in [3.05, 3.63) is 34.4 Å². The summed E-state index contributed by atoms with van der Waals surface area (Å²) in [5.41, 5.74) is 5.06. The maximum atomic E-state index is 12.6. The number of thiazole rings is 1. The minimum Gasteiger partial charge on any atom is -0.389 e. The number of halogens is 4. The number of nitrogens with two attached hydrogens (primary N) is 1. The molecule has 0 unspecified atom stereocenters. The second kappa shape index (κ2) is 4.77. The molecule has 1 aromatic carbocycles. The lowest BCUT2D eigenvalue weighted by molar-refractivity contribution is -0.137. The van der Waals surface area contributed by atoms with Crippen LogP contribution in [0.25, 0.3) is 0 Å². The molecule has 1 heterocycles. The number of nitrogens with zero attached hydrogens (tertiary/aromatic N) is 1. The van der Waals surface area contributed by atoms with Crippen molar-refractivity contribution < 1.29 is 13.2 Å². The normalized spacial score (nSPS) is 11.6. The number of nitrogen functional groups attached to an aromatic ring is 1. The van der Waals surface area contributed by atoms with E-state index in [0.717, 1.165) is 23.5 Å². The van der Waals surface area contributed by atoms with Crippen molar-refractivity contribution in [2.75, 3.05) is 11.1 Å². The van der Waals surface area contributed by atoms with Crippen LogP contribution in [0.1, 0.15) is 5.56 Å². The van der Waals surface area contributed by atoms with Gasteiger partial charge in [-0.05, 0) is 34.1 Å². The van der Waals surface area contributed by atoms with Crippen molar-refractivity contribution in [2.45, 2.75) is 6.18 Å². The molecule has 2 aromatic rings. The average Bonchev–Trinajstić information content (AvgIpc) is 2.66. The summed E-state index contributed by atoms with van der Waals surface area (Å²) in [4.78, 5) is 3.92. The van der Waals surface area contributed by atoms with Crippen LogP contribution in [0.2, 0.25) is 0 Å². The van der Waals surface area contributed by atoms with E-state index in [1.54, 1.807) is 0 Å². The number of anilines is 3. The van der Waals surface area contributed by atoms with Crippen molar-refractivity contribution in [1.82, 2.24) is 4.98 Å². The molecule has 0 spiro atoms. The summed E-state index contributed by atoms with van der Waals surface area (Å²) in [6, 6.07) is 3.36. The van der Waals surface area contributed by atoms with E-state index >= 15 is 0 Å². The first-order valence-electron chi connectivity index (χ1n) is 4.71. The summed E-state index contributed by atoms with van der Waals surface area (Å²) in [7, 11) is 0. The maximum Gasteiger partial charge on any atom is 0.416 e. The maximum absolute atomic E-state index is 12.6. The van der Waals surface area contributed by atoms with Crippen molar-refractivity contribution in [3.8, 4) is 0 Å². The van der Waals surface area contributed by atoms with Crippen LogP contribution in [0.5, 0.6) is 0 Å². The fraction of sp³-hybridized carbons (Fsp3) is 0.100. The molecule has 1 aromatic heterocycles. The Balaban J connectivity index is 2.32. The van der Waals surface area contributed by atoms with Crippen LogP contribution in [-0.2, 0) is 6.18 Å². The Kier molecular flexibility index (Phi) is 3.49. The highest BCUT2D eigenvalue weighted by atomic mass is 79.9. The first-order chi connectivity index (χ1) is 8.36. The average molecular weight is 338 g/mol. The summed E-state index contributed by atoms with van der Waals surface area (Å²) in [5.74, 6) is 0. The first kappa shape index (κ1) is 13.2. The number of nitrogens with one attached hydrogen (secondary N) is 1. The van der Waals surface area contributed by atoms with Crippen LogP contribution < -0.4 is 11.1 Å². The highest BCUT2D eigenvalue weighted by Gasteiger charge is 2.30. The zero-order valence-electron chi connectivity index (χ0n) is 8.75. The minimum absolute atomic E-state index is 0.291. The molecule has 0 amide bonds. The zero-order chi connectivity index (χ0) is 13.3. The molecule has 3 N–H and O–H groups in total. The lowest BCUT2D eigenvalue weighted by atomic mass is 10.2. The van der Waals surface area contributed by atoms with Crippen molar-refractivity contribution in [1.29, 1.82) is 0 Å². The summed E-state index contributed by atoms with van der Waals surface area (Å²) < 4.78 is 38.2. The second-order valence-corrected chi connectivity index (χ2v) is 5.30. The Morgan fingerprint density at radius 1 is 1.33 bits per heavy atom. The van der Waals surface area contributed by atoms with Crippen LogP contribution >= 0.6 is 27.3 Å². The van der Waals surface area contributed by atoms with Gasteiger partial charge in [-0.15, -0.1) is 0 Å². The van der Waals surface area contributed by atoms with Crippen LogP contribution in [0.4, 0.5) is 29.0 Å². The molecular formula is C10H7BrF3N3S. The molecule has 96 valence electrons. The topological polar surface area (TPSA) is 50.9 Å². The van der Waals surface area contributed by atoms with Gasteiger partial charge in [0, 0.05) is 4.47 Å². The summed E-state index contributed by atoms with van der Waals surface area (Å²) >= 11 is 4.34.